The zero-order valence-corrected chi connectivity index (χ0v) is 45.2. The van der Waals surface area contributed by atoms with Crippen molar-refractivity contribution in [2.24, 2.45) is 0 Å². The largest absolute Gasteiger partial charge is 0.309 e. The Balaban J connectivity index is 0.935. The fourth-order valence-electron chi connectivity index (χ4n) is 13.2. The second-order valence-corrected chi connectivity index (χ2v) is 24.7. The highest BCUT2D eigenvalue weighted by molar-refractivity contribution is 7.20. The highest BCUT2D eigenvalue weighted by atomic mass is 28.3. The molecule has 0 aliphatic carbocycles. The summed E-state index contributed by atoms with van der Waals surface area (Å²) >= 11 is 0. The Labute approximate surface area is 501 Å². The predicted molar refractivity (Wildman–Crippen MR) is 353 cm³/mol. The molecule has 0 fully saturated rings. The van der Waals surface area contributed by atoms with E-state index in [1.807, 2.05) is 66.7 Å². The summed E-state index contributed by atoms with van der Waals surface area (Å²) in [6.07, 6.45) is 0. The Bertz CT molecular complexity index is 6130. The molecule has 0 bridgehead atoms. The zero-order valence-electron chi connectivity index (χ0n) is 59.2. The van der Waals surface area contributed by atoms with Gasteiger partial charge < -0.3 is 18.3 Å². The SMILES string of the molecule is [2H]c1c([2H])c([2H])c2c(c1[2H])c1c(-n3c4c([2H])c([2H])c([2H])c([2H])c4c4c([2H])c([2H])c([2H])c([2H])c43)c([2H])c([2H])c([2H])c1n2-c1cc(-c2ccccc2)cc(-n2c3ccccc3c3cc(-n4c5ccccc5c5cc([Si](c6ccccc6)(c6ccccc6)c6ccccc6)ccc54)ccc32)c1. The molecule has 0 N–H and O–H groups in total. The Kier molecular flexibility index (Phi) is 7.75. The van der Waals surface area contributed by atoms with E-state index in [9.17, 15) is 15.1 Å². The predicted octanol–water partition coefficient (Wildman–Crippen LogP) is 17.1. The molecule has 0 atom stereocenters. The van der Waals surface area contributed by atoms with Crippen LogP contribution in [0.5, 0.6) is 0 Å². The van der Waals surface area contributed by atoms with Crippen LogP contribution in [-0.4, -0.2) is 26.3 Å². The fraction of sp³-hybridized carbons (Fsp3) is 0. The lowest BCUT2D eigenvalue weighted by Crippen LogP contribution is -2.74. The van der Waals surface area contributed by atoms with Crippen LogP contribution in [0.25, 0.3) is 121 Å². The number of nitrogens with zero attached hydrogens (tertiary/aromatic N) is 4. The lowest BCUT2D eigenvalue weighted by Gasteiger charge is -2.34. The van der Waals surface area contributed by atoms with Crippen LogP contribution in [0.1, 0.15) is 20.6 Å². The quantitative estimate of drug-likeness (QED) is 0.101. The zero-order chi connectivity index (χ0) is 67.6. The average Bonchev–Trinajstić information content (AvgIpc) is 1.52. The third-order valence-electron chi connectivity index (χ3n) is 16.6. The Morgan fingerprint density at radius 2 is 0.675 bits per heavy atom. The van der Waals surface area contributed by atoms with Crippen molar-refractivity contribution in [2.45, 2.75) is 0 Å². The lowest BCUT2D eigenvalue weighted by atomic mass is 10.0. The van der Waals surface area contributed by atoms with Crippen molar-refractivity contribution in [3.8, 4) is 33.9 Å². The first-order valence-corrected chi connectivity index (χ1v) is 29.4. The summed E-state index contributed by atoms with van der Waals surface area (Å²) in [4.78, 5) is 0. The van der Waals surface area contributed by atoms with Gasteiger partial charge in [0.15, 0.2) is 8.07 Å². The van der Waals surface area contributed by atoms with Crippen LogP contribution in [0.3, 0.4) is 0 Å². The maximum atomic E-state index is 9.97. The van der Waals surface area contributed by atoms with Gasteiger partial charge in [-0.1, -0.05) is 230 Å². The summed E-state index contributed by atoms with van der Waals surface area (Å²) in [7, 11) is -2.93. The minimum Gasteiger partial charge on any atom is -0.309 e. The van der Waals surface area contributed by atoms with Gasteiger partial charge in [0, 0.05) is 60.2 Å². The summed E-state index contributed by atoms with van der Waals surface area (Å²) in [5.74, 6) is 0. The summed E-state index contributed by atoms with van der Waals surface area (Å²) < 4.78 is 147. The van der Waals surface area contributed by atoms with Gasteiger partial charge in [-0.05, 0) is 117 Å². The summed E-state index contributed by atoms with van der Waals surface area (Å²) in [5.41, 5.74) is 5.47. The molecule has 4 aromatic heterocycles. The molecule has 0 saturated carbocycles. The second kappa shape index (κ2) is 18.7. The lowest BCUT2D eigenvalue weighted by molar-refractivity contribution is 1.13. The van der Waals surface area contributed by atoms with E-state index in [2.05, 4.69) is 167 Å². The average molecular weight is 1090 g/mol. The summed E-state index contributed by atoms with van der Waals surface area (Å²) in [6.45, 7) is 0. The molecule has 0 aliphatic rings. The number of aromatic nitrogens is 4. The third-order valence-corrected chi connectivity index (χ3v) is 21.4. The molecule has 17 aromatic rings. The second-order valence-electron chi connectivity index (χ2n) is 20.9. The smallest absolute Gasteiger partial charge is 0.179 e. The highest BCUT2D eigenvalue weighted by Crippen LogP contribution is 2.43. The summed E-state index contributed by atoms with van der Waals surface area (Å²) in [5, 5.41) is 8.11. The fourth-order valence-corrected chi connectivity index (χ4v) is 18.0. The first-order chi connectivity index (χ1) is 47.4. The molecule has 4 nitrogen and oxygen atoms in total. The normalized spacial score (nSPS) is 14.6. The van der Waals surface area contributed by atoms with E-state index in [-0.39, 0.29) is 49.3 Å². The van der Waals surface area contributed by atoms with Gasteiger partial charge in [0.05, 0.1) is 70.4 Å². The van der Waals surface area contributed by atoms with Gasteiger partial charge in [0.2, 0.25) is 0 Å². The van der Waals surface area contributed by atoms with Gasteiger partial charge in [-0.25, -0.2) is 0 Å². The first kappa shape index (κ1) is 34.4. The van der Waals surface area contributed by atoms with Crippen LogP contribution >= 0.6 is 0 Å². The van der Waals surface area contributed by atoms with Gasteiger partial charge in [0.25, 0.3) is 0 Å². The van der Waals surface area contributed by atoms with E-state index in [0.29, 0.717) is 11.3 Å². The van der Waals surface area contributed by atoms with Crippen LogP contribution in [0, 0.1) is 0 Å². The van der Waals surface area contributed by atoms with E-state index in [1.54, 1.807) is 0 Å². The molecule has 17 rings (SSSR count). The van der Waals surface area contributed by atoms with Crippen LogP contribution in [0.4, 0.5) is 0 Å². The Hall–Kier alpha value is -10.7. The van der Waals surface area contributed by atoms with Crippen LogP contribution < -0.4 is 20.7 Å². The van der Waals surface area contributed by atoms with Crippen LogP contribution in [0.2, 0.25) is 0 Å². The minimum atomic E-state index is -2.93. The molecule has 4 heterocycles. The molecular formula is C78H52N4Si. The van der Waals surface area contributed by atoms with Crippen molar-refractivity contribution in [1.29, 1.82) is 0 Å². The molecule has 0 spiro atoms. The topological polar surface area (TPSA) is 19.7 Å². The highest BCUT2D eigenvalue weighted by Gasteiger charge is 2.41. The standard InChI is InChI=1S/C78H52N4Si/c1-5-24-53(25-6-1)54-48-56(50-57(49-54)81-73-41-22-17-36-66(73)78-76(81)42-23-43-77(78)82-71-39-20-13-32-62(71)63-33-14-21-40-72(63)82)80-70-38-19-15-34-64(70)67-51-55(44-46-74(67)80)79-69-37-18-16-35-65(69)68-52-61(45-47-75(68)79)83(58-26-7-2-8-27-58,59-28-9-3-10-29-59)60-30-11-4-12-31-60/h1-52H/i13D,14D,17D,20D,21D,22D,23D,32D,33D,36D,39D,40D,41D,42D,43D. The number of hydrogen-bond donors (Lipinski definition) is 0. The molecular weight excluding hydrogens is 1020 g/mol. The molecule has 0 aliphatic heterocycles. The van der Waals surface area contributed by atoms with E-state index in [1.165, 1.54) is 25.3 Å². The van der Waals surface area contributed by atoms with Gasteiger partial charge in [0.1, 0.15) is 0 Å². The monoisotopic (exact) mass is 1090 g/mol. The molecule has 0 unspecified atom stereocenters. The number of rotatable bonds is 9. The van der Waals surface area contributed by atoms with Gasteiger partial charge >= 0.3 is 0 Å². The van der Waals surface area contributed by atoms with Crippen molar-refractivity contribution < 1.29 is 20.6 Å². The van der Waals surface area contributed by atoms with E-state index >= 15 is 0 Å². The van der Waals surface area contributed by atoms with E-state index in [4.69, 9.17) is 5.48 Å². The number of benzene rings is 13. The minimum absolute atomic E-state index is 0.148. The van der Waals surface area contributed by atoms with E-state index in [0.717, 1.165) is 59.4 Å². The number of para-hydroxylation sites is 5. The van der Waals surface area contributed by atoms with Crippen molar-refractivity contribution in [2.75, 3.05) is 0 Å². The van der Waals surface area contributed by atoms with Gasteiger partial charge in [-0.2, -0.15) is 0 Å². The maximum Gasteiger partial charge on any atom is 0.179 e. The number of hydrogen-bond acceptors (Lipinski definition) is 0. The van der Waals surface area contributed by atoms with Crippen molar-refractivity contribution in [3.05, 3.63) is 315 Å². The van der Waals surface area contributed by atoms with Gasteiger partial charge in [-0.15, -0.1) is 0 Å². The third kappa shape index (κ3) is 7.05. The molecule has 0 saturated heterocycles. The molecule has 388 valence electrons. The molecule has 0 amide bonds. The number of fused-ring (bicyclic) bond motifs is 12. The summed E-state index contributed by atoms with van der Waals surface area (Å²) in [6, 6.07) is 68.1. The van der Waals surface area contributed by atoms with Crippen molar-refractivity contribution in [1.82, 2.24) is 18.3 Å². The van der Waals surface area contributed by atoms with Crippen LogP contribution in [0.15, 0.2) is 315 Å². The Morgan fingerprint density at radius 3 is 1.25 bits per heavy atom. The first-order valence-electron chi connectivity index (χ1n) is 34.9. The van der Waals surface area contributed by atoms with Gasteiger partial charge in [-0.3, -0.25) is 0 Å². The van der Waals surface area contributed by atoms with E-state index < -0.39 is 104 Å². The maximum absolute atomic E-state index is 9.97. The molecule has 0 radical (unpaired) electrons. The Morgan fingerprint density at radius 1 is 0.241 bits per heavy atom. The molecule has 5 heteroatoms. The van der Waals surface area contributed by atoms with Crippen molar-refractivity contribution in [3.63, 3.8) is 0 Å². The van der Waals surface area contributed by atoms with Crippen LogP contribution in [-0.2, 0) is 0 Å². The molecule has 13 aromatic carbocycles. The molecule has 83 heavy (non-hydrogen) atoms. The van der Waals surface area contributed by atoms with Crippen molar-refractivity contribution >= 4 is 116 Å².